The van der Waals surface area contributed by atoms with Gasteiger partial charge in [0, 0.05) is 37.3 Å². The van der Waals surface area contributed by atoms with Crippen LogP contribution in [-0.2, 0) is 9.59 Å². The maximum atomic E-state index is 14.0. The standard InChI is InChI=1S/C29H36N4O3.C16H28N4O.C5H4O3/c1-33-17-15-29(20-30,16-18-33)32-28(35)24(19-21-9-4-2-5-10-21)26-23(27(31)34)13-8-14-25(26)36-22-11-6-3-7-12-22;1-20-9-7-16(12-17,8-10-20)19-15(21)14(18)11-13-5-3-2-4-6-13;6-5(7)4-2-1-3-8-4/h3,6-8,11-14,21,24H,2,4-5,9-10,15-19H2,1H3,(H2,31,34)(H,32,35);13-14H,2-11,18H2,1H3,(H,19,21);1-3H,(H,6,7). The van der Waals surface area contributed by atoms with Gasteiger partial charge in [-0.1, -0.05) is 88.5 Å². The van der Waals surface area contributed by atoms with Gasteiger partial charge in [0.15, 0.2) is 0 Å². The van der Waals surface area contributed by atoms with Crippen molar-refractivity contribution in [3.63, 3.8) is 0 Å². The highest BCUT2D eigenvalue weighted by Gasteiger charge is 2.40. The number of likely N-dealkylation sites (tertiary alicyclic amines) is 2. The minimum Gasteiger partial charge on any atom is -0.475 e. The van der Waals surface area contributed by atoms with E-state index in [2.05, 4.69) is 37.0 Å². The summed E-state index contributed by atoms with van der Waals surface area (Å²) in [5.41, 5.74) is 11.1. The summed E-state index contributed by atoms with van der Waals surface area (Å²) in [4.78, 5) is 53.2. The number of nitrogens with two attached hydrogens (primary N) is 2. The number of nitrogens with one attached hydrogen (secondary N) is 2. The fourth-order valence-corrected chi connectivity index (χ4v) is 9.41. The average Bonchev–Trinajstić information content (AvgIpc) is 3.88. The lowest BCUT2D eigenvalue weighted by Gasteiger charge is -2.37. The molecule has 350 valence electrons. The number of carboxylic acids is 1. The molecule has 2 atom stereocenters. The van der Waals surface area contributed by atoms with Gasteiger partial charge in [-0.05, 0) is 101 Å². The zero-order valence-corrected chi connectivity index (χ0v) is 38.1. The van der Waals surface area contributed by atoms with Gasteiger partial charge in [-0.25, -0.2) is 4.79 Å². The van der Waals surface area contributed by atoms with Crippen molar-refractivity contribution in [1.82, 2.24) is 20.4 Å². The Hall–Kier alpha value is -5.74. The van der Waals surface area contributed by atoms with E-state index in [0.29, 0.717) is 61.0 Å². The van der Waals surface area contributed by atoms with Crippen molar-refractivity contribution in [3.8, 4) is 23.6 Å². The highest BCUT2D eigenvalue weighted by Crippen LogP contribution is 2.41. The van der Waals surface area contributed by atoms with Crippen LogP contribution in [0.1, 0.15) is 135 Å². The van der Waals surface area contributed by atoms with E-state index in [1.165, 1.54) is 56.9 Å². The van der Waals surface area contributed by atoms with Crippen LogP contribution >= 0.6 is 0 Å². The van der Waals surface area contributed by atoms with E-state index in [9.17, 15) is 29.7 Å². The summed E-state index contributed by atoms with van der Waals surface area (Å²) in [5, 5.41) is 33.8. The average molecular weight is 893 g/mol. The monoisotopic (exact) mass is 893 g/mol. The van der Waals surface area contributed by atoms with Crippen LogP contribution < -0.4 is 26.8 Å². The fourth-order valence-electron chi connectivity index (χ4n) is 9.41. The molecule has 3 heterocycles. The van der Waals surface area contributed by atoms with Crippen LogP contribution in [0.5, 0.6) is 11.5 Å². The molecule has 7 rings (SSSR count). The summed E-state index contributed by atoms with van der Waals surface area (Å²) in [6.07, 6.45) is 16.9. The molecule has 2 aliphatic carbocycles. The molecule has 15 nitrogen and oxygen atoms in total. The second-order valence-electron chi connectivity index (χ2n) is 18.4. The number of rotatable bonds is 13. The van der Waals surface area contributed by atoms with E-state index < -0.39 is 34.9 Å². The molecular formula is C50H68N8O7. The molecule has 0 bridgehead atoms. The number of carboxylic acid groups (broad SMARTS) is 1. The Bertz CT molecular complexity index is 2070. The van der Waals surface area contributed by atoms with Gasteiger partial charge in [-0.3, -0.25) is 14.4 Å². The molecule has 2 aliphatic heterocycles. The first kappa shape index (κ1) is 50.3. The highest BCUT2D eigenvalue weighted by molar-refractivity contribution is 5.98. The Morgan fingerprint density at radius 3 is 1.74 bits per heavy atom. The van der Waals surface area contributed by atoms with E-state index in [-0.39, 0.29) is 23.1 Å². The lowest BCUT2D eigenvalue weighted by atomic mass is 9.78. The number of nitrogens with zero attached hydrogens (tertiary/aromatic N) is 4. The largest absolute Gasteiger partial charge is 0.475 e. The summed E-state index contributed by atoms with van der Waals surface area (Å²) in [7, 11) is 4.06. The fraction of sp³-hybridized carbons (Fsp3) is 0.560. The van der Waals surface area contributed by atoms with Crippen LogP contribution in [0.3, 0.4) is 0 Å². The number of ether oxygens (including phenoxy) is 1. The third-order valence-corrected chi connectivity index (χ3v) is 13.5. The number of piperidine rings is 2. The van der Waals surface area contributed by atoms with Gasteiger partial charge in [-0.15, -0.1) is 0 Å². The zero-order chi connectivity index (χ0) is 46.8. The first-order chi connectivity index (χ1) is 31.3. The van der Waals surface area contributed by atoms with Crippen molar-refractivity contribution in [1.29, 1.82) is 10.5 Å². The molecule has 3 amide bonds. The maximum Gasteiger partial charge on any atom is 0.371 e. The molecule has 65 heavy (non-hydrogen) atoms. The summed E-state index contributed by atoms with van der Waals surface area (Å²) in [6, 6.07) is 21.6. The van der Waals surface area contributed by atoms with Gasteiger partial charge < -0.3 is 46.2 Å². The van der Waals surface area contributed by atoms with Crippen LogP contribution in [0.4, 0.5) is 0 Å². The minimum absolute atomic E-state index is 0.0231. The molecule has 2 saturated carbocycles. The lowest BCUT2D eigenvalue weighted by Crippen LogP contribution is -2.57. The number of furan rings is 1. The molecule has 0 radical (unpaired) electrons. The summed E-state index contributed by atoms with van der Waals surface area (Å²) in [5.74, 6) is -0.695. The Kier molecular flexibility index (Phi) is 19.0. The van der Waals surface area contributed by atoms with Crippen molar-refractivity contribution in [2.45, 2.75) is 126 Å². The first-order valence-corrected chi connectivity index (χ1v) is 23.3. The van der Waals surface area contributed by atoms with Crippen LogP contribution in [0.15, 0.2) is 71.3 Å². The summed E-state index contributed by atoms with van der Waals surface area (Å²) in [6.45, 7) is 3.15. The van der Waals surface area contributed by atoms with Gasteiger partial charge >= 0.3 is 5.97 Å². The first-order valence-electron chi connectivity index (χ1n) is 23.3. The van der Waals surface area contributed by atoms with Crippen LogP contribution in [-0.4, -0.2) is 96.0 Å². The van der Waals surface area contributed by atoms with Gasteiger partial charge in [0.2, 0.25) is 23.5 Å². The molecule has 2 saturated heterocycles. The Labute approximate surface area is 383 Å². The van der Waals surface area contributed by atoms with Crippen molar-refractivity contribution in [2.75, 3.05) is 40.3 Å². The normalized spacial score (nSPS) is 19.8. The number of benzene rings is 2. The summed E-state index contributed by atoms with van der Waals surface area (Å²) < 4.78 is 10.7. The number of nitriles is 2. The zero-order valence-electron chi connectivity index (χ0n) is 38.1. The van der Waals surface area contributed by atoms with E-state index >= 15 is 0 Å². The van der Waals surface area contributed by atoms with Gasteiger partial charge in [0.1, 0.15) is 22.6 Å². The number of amides is 3. The molecule has 15 heteroatoms. The van der Waals surface area contributed by atoms with Gasteiger partial charge in [-0.2, -0.15) is 10.5 Å². The SMILES string of the molecule is CN1CCC(C#N)(NC(=O)C(CC2CCCCC2)c2c(Oc3ccccc3)cccc2C(N)=O)CC1.CN1CCC(C#N)(NC(=O)C(N)CC2CCCCC2)CC1.O=C(O)c1ccco1. The molecule has 4 fully saturated rings. The smallest absolute Gasteiger partial charge is 0.371 e. The van der Waals surface area contributed by atoms with Crippen molar-refractivity contribution >= 4 is 23.7 Å². The Morgan fingerprint density at radius 2 is 1.28 bits per heavy atom. The molecule has 3 aromatic rings. The third kappa shape index (κ3) is 14.9. The number of aromatic carboxylic acids is 1. The molecule has 2 aromatic carbocycles. The van der Waals surface area contributed by atoms with Crippen LogP contribution in [0.2, 0.25) is 0 Å². The second kappa shape index (κ2) is 24.5. The topological polar surface area (TPSA) is 241 Å². The van der Waals surface area contributed by atoms with Crippen LogP contribution in [0, 0.1) is 34.5 Å². The number of primary amides is 1. The molecule has 2 unspecified atom stereocenters. The van der Waals surface area contributed by atoms with E-state index in [0.717, 1.165) is 58.3 Å². The van der Waals surface area contributed by atoms with E-state index in [4.69, 9.17) is 21.3 Å². The number of hydrogen-bond donors (Lipinski definition) is 5. The molecule has 7 N–H and O–H groups in total. The third-order valence-electron chi connectivity index (χ3n) is 13.5. The minimum atomic E-state index is -1.03. The number of hydrogen-bond acceptors (Lipinski definition) is 11. The van der Waals surface area contributed by atoms with Crippen molar-refractivity contribution < 1.29 is 33.4 Å². The number of para-hydroxylation sites is 1. The lowest BCUT2D eigenvalue weighted by molar-refractivity contribution is -0.125. The highest BCUT2D eigenvalue weighted by atomic mass is 16.5. The Balaban J connectivity index is 0.000000228. The Morgan fingerprint density at radius 1 is 0.754 bits per heavy atom. The molecule has 0 spiro atoms. The quantitative estimate of drug-likeness (QED) is 0.115. The predicted molar refractivity (Wildman–Crippen MR) is 247 cm³/mol. The summed E-state index contributed by atoms with van der Waals surface area (Å²) >= 11 is 0. The molecule has 4 aliphatic rings. The van der Waals surface area contributed by atoms with E-state index in [1.54, 1.807) is 18.2 Å². The van der Waals surface area contributed by atoms with E-state index in [1.807, 2.05) is 44.4 Å². The molecular weight excluding hydrogens is 825 g/mol. The number of carbonyl (C=O) groups excluding carboxylic acids is 3. The number of carbonyl (C=O) groups is 4. The van der Waals surface area contributed by atoms with Gasteiger partial charge in [0.25, 0.3) is 0 Å². The predicted octanol–water partition coefficient (Wildman–Crippen LogP) is 7.10. The molecule has 1 aromatic heterocycles. The maximum absolute atomic E-state index is 14.0. The van der Waals surface area contributed by atoms with Gasteiger partial charge in [0.05, 0.1) is 30.4 Å². The van der Waals surface area contributed by atoms with Crippen molar-refractivity contribution in [2.24, 2.45) is 23.3 Å². The second-order valence-corrected chi connectivity index (χ2v) is 18.4. The van der Waals surface area contributed by atoms with Crippen molar-refractivity contribution in [3.05, 3.63) is 83.8 Å². The van der Waals surface area contributed by atoms with Crippen LogP contribution in [0.25, 0.3) is 0 Å².